The lowest BCUT2D eigenvalue weighted by Gasteiger charge is -2.45. The molecule has 2 aliphatic carbocycles. The number of amides is 1. The topological polar surface area (TPSA) is 88.0 Å². The highest BCUT2D eigenvalue weighted by Crippen LogP contribution is 2.39. The van der Waals surface area contributed by atoms with Crippen LogP contribution >= 0.6 is 0 Å². The largest absolute Gasteiger partial charge is 0.349 e. The molecule has 4 rings (SSSR count). The monoisotopic (exact) mass is 351 g/mol. The van der Waals surface area contributed by atoms with Crippen LogP contribution in [-0.2, 0) is 0 Å². The smallest absolute Gasteiger partial charge is 0.261 e. The summed E-state index contributed by atoms with van der Waals surface area (Å²) in [7, 11) is 0. The molecule has 2 unspecified atom stereocenters. The van der Waals surface area contributed by atoms with Crippen LogP contribution in [0.5, 0.6) is 0 Å². The van der Waals surface area contributed by atoms with Crippen molar-refractivity contribution in [2.75, 3.05) is 0 Å². The summed E-state index contributed by atoms with van der Waals surface area (Å²) in [6.07, 6.45) is 5.35. The van der Waals surface area contributed by atoms with Gasteiger partial charge in [-0.2, -0.15) is 0 Å². The molecule has 2 aromatic rings. The molecule has 2 atom stereocenters. The first-order valence-corrected chi connectivity index (χ1v) is 9.47. The van der Waals surface area contributed by atoms with Gasteiger partial charge in [0.1, 0.15) is 5.56 Å². The summed E-state index contributed by atoms with van der Waals surface area (Å²) in [6.45, 7) is 0. The number of H-pyrrole nitrogens is 1. The van der Waals surface area contributed by atoms with Gasteiger partial charge in [-0.25, -0.2) is 0 Å². The Balaban J connectivity index is 1.53. The van der Waals surface area contributed by atoms with Gasteiger partial charge in [-0.1, -0.05) is 36.8 Å². The molecule has 1 aromatic heterocycles. The quantitative estimate of drug-likeness (QED) is 0.794. The first-order valence-electron chi connectivity index (χ1n) is 9.47. The van der Waals surface area contributed by atoms with Gasteiger partial charge in [-0.3, -0.25) is 9.59 Å². The van der Waals surface area contributed by atoms with Crippen molar-refractivity contribution in [3.8, 4) is 11.3 Å². The predicted molar refractivity (Wildman–Crippen MR) is 102 cm³/mol. The molecule has 0 aliphatic heterocycles. The van der Waals surface area contributed by atoms with Crippen LogP contribution in [-0.4, -0.2) is 23.0 Å². The van der Waals surface area contributed by atoms with E-state index >= 15 is 0 Å². The summed E-state index contributed by atoms with van der Waals surface area (Å²) < 4.78 is 0. The first-order chi connectivity index (χ1) is 12.6. The van der Waals surface area contributed by atoms with Gasteiger partial charge < -0.3 is 16.0 Å². The number of benzene rings is 1. The lowest BCUT2D eigenvalue weighted by atomic mass is 9.67. The van der Waals surface area contributed by atoms with Gasteiger partial charge in [-0.05, 0) is 55.2 Å². The number of fused-ring (bicyclic) bond motifs is 2. The molecule has 0 spiro atoms. The van der Waals surface area contributed by atoms with Crippen molar-refractivity contribution in [1.82, 2.24) is 10.3 Å². The Labute approximate surface area is 153 Å². The molecule has 1 amide bonds. The molecular formula is C21H25N3O2. The Hall–Kier alpha value is -2.40. The van der Waals surface area contributed by atoms with Crippen LogP contribution in [0.2, 0.25) is 0 Å². The second-order valence-corrected chi connectivity index (χ2v) is 7.66. The lowest BCUT2D eigenvalue weighted by Crippen LogP contribution is -2.54. The zero-order valence-electron chi connectivity index (χ0n) is 14.8. The number of hydrogen-bond acceptors (Lipinski definition) is 3. The van der Waals surface area contributed by atoms with Gasteiger partial charge in [0.15, 0.2) is 0 Å². The maximum Gasteiger partial charge on any atom is 0.261 e. The number of carbonyl (C=O) groups is 1. The number of rotatable bonds is 3. The van der Waals surface area contributed by atoms with Crippen LogP contribution in [0, 0.1) is 11.8 Å². The van der Waals surface area contributed by atoms with Gasteiger partial charge in [0.25, 0.3) is 11.5 Å². The molecule has 0 radical (unpaired) electrons. The van der Waals surface area contributed by atoms with Crippen LogP contribution in [0.4, 0.5) is 0 Å². The molecule has 2 aliphatic rings. The zero-order chi connectivity index (χ0) is 18.1. The molecule has 5 nitrogen and oxygen atoms in total. The molecule has 136 valence electrons. The maximum absolute atomic E-state index is 12.7. The van der Waals surface area contributed by atoms with Crippen molar-refractivity contribution in [3.63, 3.8) is 0 Å². The number of nitrogens with one attached hydrogen (secondary N) is 2. The Morgan fingerprint density at radius 2 is 1.73 bits per heavy atom. The van der Waals surface area contributed by atoms with Gasteiger partial charge in [0.2, 0.25) is 0 Å². The Kier molecular flexibility index (Phi) is 4.64. The van der Waals surface area contributed by atoms with E-state index in [4.69, 9.17) is 5.73 Å². The second kappa shape index (κ2) is 7.08. The number of hydrogen-bond donors (Lipinski definition) is 3. The molecule has 4 N–H and O–H groups in total. The van der Waals surface area contributed by atoms with E-state index in [2.05, 4.69) is 10.3 Å². The van der Waals surface area contributed by atoms with Crippen molar-refractivity contribution in [1.29, 1.82) is 0 Å². The molecule has 1 aromatic carbocycles. The molecular weight excluding hydrogens is 326 g/mol. The maximum atomic E-state index is 12.7. The average Bonchev–Trinajstić information content (AvgIpc) is 2.63. The number of aromatic nitrogens is 1. The predicted octanol–water partition coefficient (Wildman–Crippen LogP) is 2.68. The van der Waals surface area contributed by atoms with E-state index in [1.54, 1.807) is 12.1 Å². The summed E-state index contributed by atoms with van der Waals surface area (Å²) in [5, 5.41) is 3.14. The first kappa shape index (κ1) is 17.0. The Bertz CT molecular complexity index is 832. The van der Waals surface area contributed by atoms with E-state index in [9.17, 15) is 9.59 Å². The highest BCUT2D eigenvalue weighted by molar-refractivity contribution is 5.94. The highest BCUT2D eigenvalue weighted by atomic mass is 16.2. The average molecular weight is 351 g/mol. The molecule has 1 heterocycles. The Morgan fingerprint density at radius 3 is 2.38 bits per heavy atom. The van der Waals surface area contributed by atoms with E-state index in [-0.39, 0.29) is 29.1 Å². The van der Waals surface area contributed by atoms with Gasteiger partial charge in [0.05, 0.1) is 0 Å². The normalized spacial score (nSPS) is 27.7. The molecule has 2 fully saturated rings. The molecule has 26 heavy (non-hydrogen) atoms. The van der Waals surface area contributed by atoms with E-state index in [1.165, 1.54) is 6.42 Å². The van der Waals surface area contributed by atoms with E-state index < -0.39 is 0 Å². The van der Waals surface area contributed by atoms with Crippen LogP contribution < -0.4 is 16.6 Å². The van der Waals surface area contributed by atoms with E-state index in [0.29, 0.717) is 17.5 Å². The molecule has 2 saturated carbocycles. The number of nitrogens with two attached hydrogens (primary N) is 1. The fourth-order valence-electron chi connectivity index (χ4n) is 4.69. The molecule has 0 saturated heterocycles. The van der Waals surface area contributed by atoms with Crippen molar-refractivity contribution in [3.05, 3.63) is 58.4 Å². The molecule has 5 heteroatoms. The van der Waals surface area contributed by atoms with Gasteiger partial charge >= 0.3 is 0 Å². The van der Waals surface area contributed by atoms with Gasteiger partial charge in [0, 0.05) is 17.8 Å². The number of carbonyl (C=O) groups excluding carboxylic acids is 1. The van der Waals surface area contributed by atoms with Crippen LogP contribution in [0.25, 0.3) is 11.3 Å². The van der Waals surface area contributed by atoms with Crippen LogP contribution in [0.1, 0.15) is 42.5 Å². The van der Waals surface area contributed by atoms with Gasteiger partial charge in [-0.15, -0.1) is 0 Å². The summed E-state index contributed by atoms with van der Waals surface area (Å²) in [4.78, 5) is 28.0. The summed E-state index contributed by atoms with van der Waals surface area (Å²) >= 11 is 0. The minimum Gasteiger partial charge on any atom is -0.349 e. The third-order valence-electron chi connectivity index (χ3n) is 5.91. The van der Waals surface area contributed by atoms with E-state index in [1.807, 2.05) is 30.3 Å². The summed E-state index contributed by atoms with van der Waals surface area (Å²) in [6, 6.07) is 13.4. The van der Waals surface area contributed by atoms with Crippen molar-refractivity contribution in [2.24, 2.45) is 17.6 Å². The van der Waals surface area contributed by atoms with Crippen LogP contribution in [0.3, 0.4) is 0 Å². The second-order valence-electron chi connectivity index (χ2n) is 7.66. The standard InChI is InChI=1S/C21H25N3O2/c22-16-11-14-7-4-8-15(12-16)19(14)24-21(26)17-9-10-18(23-20(17)25)13-5-2-1-3-6-13/h1-3,5-6,9-10,14-16,19H,4,7-8,11-12,22H2,(H,23,25)(H,24,26). The highest BCUT2D eigenvalue weighted by Gasteiger charge is 2.40. The fourth-order valence-corrected chi connectivity index (χ4v) is 4.69. The Morgan fingerprint density at radius 1 is 1.04 bits per heavy atom. The zero-order valence-corrected chi connectivity index (χ0v) is 14.8. The fraction of sp³-hybridized carbons (Fsp3) is 0.429. The van der Waals surface area contributed by atoms with Crippen molar-refractivity contribution >= 4 is 5.91 Å². The third-order valence-corrected chi connectivity index (χ3v) is 5.91. The van der Waals surface area contributed by atoms with E-state index in [0.717, 1.165) is 31.2 Å². The summed E-state index contributed by atoms with van der Waals surface area (Å²) in [5.41, 5.74) is 7.63. The van der Waals surface area contributed by atoms with Crippen molar-refractivity contribution in [2.45, 2.75) is 44.2 Å². The number of pyridine rings is 1. The summed E-state index contributed by atoms with van der Waals surface area (Å²) in [5.74, 6) is 0.594. The van der Waals surface area contributed by atoms with Crippen LogP contribution in [0.15, 0.2) is 47.3 Å². The number of aromatic amines is 1. The third kappa shape index (κ3) is 3.31. The minimum atomic E-state index is -0.346. The molecule has 2 bridgehead atoms. The SMILES string of the molecule is NC1CC2CCCC(C1)C2NC(=O)c1ccc(-c2ccccc2)[nH]c1=O. The minimum absolute atomic E-state index is 0.143. The van der Waals surface area contributed by atoms with Crippen molar-refractivity contribution < 1.29 is 4.79 Å². The lowest BCUT2D eigenvalue weighted by molar-refractivity contribution is 0.0754.